The molecule has 1 nitrogen and oxygen atoms in total. The van der Waals surface area contributed by atoms with Crippen molar-refractivity contribution in [1.29, 1.82) is 0 Å². The zero-order chi connectivity index (χ0) is 8.27. The molecule has 1 rings (SSSR count). The molecule has 0 aliphatic carbocycles. The zero-order valence-electron chi connectivity index (χ0n) is 6.75. The second-order valence-electron chi connectivity index (χ2n) is 2.72. The zero-order valence-corrected chi connectivity index (χ0v) is 7.64. The van der Waals surface area contributed by atoms with Gasteiger partial charge < -0.3 is 0 Å². The number of allylic oxidation sites excluding steroid dienone is 2. The first kappa shape index (κ1) is 8.62. The van der Waals surface area contributed by atoms with Gasteiger partial charge in [0.25, 0.3) is 0 Å². The van der Waals surface area contributed by atoms with Crippen molar-refractivity contribution in [2.45, 2.75) is 6.92 Å². The minimum absolute atomic E-state index is 0.944. The lowest BCUT2D eigenvalue weighted by atomic mass is 10.2. The standard InChI is InChI=1S/C9H13NS/c1-3-4-5-9-7-10(11)6-8(9)2/h3-5,11H,1,6-7H2,2H3/b5-4-. The Kier molecular flexibility index (Phi) is 2.97. The van der Waals surface area contributed by atoms with Gasteiger partial charge in [0.05, 0.1) is 0 Å². The van der Waals surface area contributed by atoms with E-state index in [0.29, 0.717) is 0 Å². The van der Waals surface area contributed by atoms with Gasteiger partial charge in [-0.2, -0.15) is 0 Å². The smallest absolute Gasteiger partial charge is 0.0341 e. The van der Waals surface area contributed by atoms with Crippen LogP contribution in [0.4, 0.5) is 0 Å². The van der Waals surface area contributed by atoms with Crippen LogP contribution in [0.25, 0.3) is 0 Å². The lowest BCUT2D eigenvalue weighted by Crippen LogP contribution is -2.06. The molecular formula is C9H13NS. The van der Waals surface area contributed by atoms with Crippen LogP contribution in [-0.2, 0) is 0 Å². The van der Waals surface area contributed by atoms with Gasteiger partial charge in [-0.1, -0.05) is 43.2 Å². The van der Waals surface area contributed by atoms with E-state index in [1.54, 1.807) is 6.08 Å². The Balaban J connectivity index is 2.64. The molecule has 0 radical (unpaired) electrons. The van der Waals surface area contributed by atoms with Crippen molar-refractivity contribution in [1.82, 2.24) is 4.31 Å². The van der Waals surface area contributed by atoms with Gasteiger partial charge >= 0.3 is 0 Å². The summed E-state index contributed by atoms with van der Waals surface area (Å²) in [5.74, 6) is 0. The Hall–Kier alpha value is -0.470. The highest BCUT2D eigenvalue weighted by molar-refractivity contribution is 7.77. The maximum atomic E-state index is 4.27. The third-order valence-electron chi connectivity index (χ3n) is 1.75. The van der Waals surface area contributed by atoms with Crippen LogP contribution in [-0.4, -0.2) is 17.4 Å². The quantitative estimate of drug-likeness (QED) is 0.487. The average molecular weight is 167 g/mol. The fourth-order valence-electron chi connectivity index (χ4n) is 1.14. The highest BCUT2D eigenvalue weighted by Crippen LogP contribution is 2.18. The maximum absolute atomic E-state index is 4.27. The van der Waals surface area contributed by atoms with Gasteiger partial charge in [-0.05, 0) is 12.5 Å². The lowest BCUT2D eigenvalue weighted by molar-refractivity contribution is 0.605. The molecule has 0 bridgehead atoms. The highest BCUT2D eigenvalue weighted by atomic mass is 32.1. The fourth-order valence-corrected chi connectivity index (χ4v) is 1.51. The predicted octanol–water partition coefficient (Wildman–Crippen LogP) is 2.21. The second kappa shape index (κ2) is 3.79. The van der Waals surface area contributed by atoms with Crippen LogP contribution < -0.4 is 0 Å². The molecule has 0 saturated carbocycles. The summed E-state index contributed by atoms with van der Waals surface area (Å²) in [6.45, 7) is 7.68. The van der Waals surface area contributed by atoms with Crippen LogP contribution in [0.3, 0.4) is 0 Å². The number of rotatable bonds is 2. The number of hydrogen-bond acceptors (Lipinski definition) is 2. The van der Waals surface area contributed by atoms with E-state index in [1.165, 1.54) is 11.1 Å². The number of thiol groups is 1. The molecule has 1 heterocycles. The van der Waals surface area contributed by atoms with Crippen LogP contribution in [0.1, 0.15) is 6.92 Å². The van der Waals surface area contributed by atoms with E-state index >= 15 is 0 Å². The Morgan fingerprint density at radius 3 is 2.73 bits per heavy atom. The molecule has 0 amide bonds. The van der Waals surface area contributed by atoms with Gasteiger partial charge in [-0.3, -0.25) is 0 Å². The van der Waals surface area contributed by atoms with Gasteiger partial charge in [-0.15, -0.1) is 0 Å². The molecule has 1 aliphatic heterocycles. The molecule has 0 fully saturated rings. The minimum Gasteiger partial charge on any atom is -0.245 e. The molecule has 0 spiro atoms. The molecular weight excluding hydrogens is 154 g/mol. The van der Waals surface area contributed by atoms with E-state index in [1.807, 2.05) is 10.4 Å². The van der Waals surface area contributed by atoms with Crippen LogP contribution >= 0.6 is 12.8 Å². The summed E-state index contributed by atoms with van der Waals surface area (Å²) in [5, 5.41) is 0. The summed E-state index contributed by atoms with van der Waals surface area (Å²) in [6, 6.07) is 0. The van der Waals surface area contributed by atoms with Crippen molar-refractivity contribution in [3.8, 4) is 0 Å². The third-order valence-corrected chi connectivity index (χ3v) is 2.04. The summed E-state index contributed by atoms with van der Waals surface area (Å²) >= 11 is 4.27. The van der Waals surface area contributed by atoms with Gasteiger partial charge in [-0.25, -0.2) is 4.31 Å². The minimum atomic E-state index is 0.944. The monoisotopic (exact) mass is 167 g/mol. The molecule has 0 atom stereocenters. The molecule has 0 saturated heterocycles. The topological polar surface area (TPSA) is 3.24 Å². The molecule has 60 valence electrons. The van der Waals surface area contributed by atoms with E-state index in [-0.39, 0.29) is 0 Å². The van der Waals surface area contributed by atoms with E-state index < -0.39 is 0 Å². The largest absolute Gasteiger partial charge is 0.245 e. The summed E-state index contributed by atoms with van der Waals surface area (Å²) in [5.41, 5.74) is 2.76. The lowest BCUT2D eigenvalue weighted by Gasteiger charge is -2.02. The molecule has 0 aromatic rings. The highest BCUT2D eigenvalue weighted by Gasteiger charge is 2.13. The summed E-state index contributed by atoms with van der Waals surface area (Å²) in [7, 11) is 0. The molecule has 2 heteroatoms. The van der Waals surface area contributed by atoms with Gasteiger partial charge in [0.15, 0.2) is 0 Å². The van der Waals surface area contributed by atoms with Crippen molar-refractivity contribution in [3.63, 3.8) is 0 Å². The molecule has 0 unspecified atom stereocenters. The van der Waals surface area contributed by atoms with Crippen LogP contribution in [0, 0.1) is 0 Å². The number of hydrogen-bond donors (Lipinski definition) is 1. The first-order valence-electron chi connectivity index (χ1n) is 3.65. The first-order chi connectivity index (χ1) is 5.24. The van der Waals surface area contributed by atoms with Crippen molar-refractivity contribution >= 4 is 12.8 Å². The first-order valence-corrected chi connectivity index (χ1v) is 4.05. The molecule has 0 aromatic heterocycles. The predicted molar refractivity (Wildman–Crippen MR) is 52.6 cm³/mol. The Morgan fingerprint density at radius 1 is 1.55 bits per heavy atom. The molecule has 1 aliphatic rings. The van der Waals surface area contributed by atoms with Crippen LogP contribution in [0.5, 0.6) is 0 Å². The van der Waals surface area contributed by atoms with E-state index in [0.717, 1.165) is 13.1 Å². The second-order valence-corrected chi connectivity index (χ2v) is 3.29. The van der Waals surface area contributed by atoms with Crippen molar-refractivity contribution in [3.05, 3.63) is 36.0 Å². The van der Waals surface area contributed by atoms with Crippen molar-refractivity contribution in [2.24, 2.45) is 0 Å². The molecule has 0 N–H and O–H groups in total. The van der Waals surface area contributed by atoms with Gasteiger partial charge in [0.2, 0.25) is 0 Å². The molecule has 11 heavy (non-hydrogen) atoms. The maximum Gasteiger partial charge on any atom is 0.0341 e. The summed E-state index contributed by atoms with van der Waals surface area (Å²) in [4.78, 5) is 0. The SMILES string of the molecule is C=C/C=C\C1=C(C)CN(S)C1. The van der Waals surface area contributed by atoms with Crippen LogP contribution in [0.15, 0.2) is 36.0 Å². The van der Waals surface area contributed by atoms with Crippen molar-refractivity contribution < 1.29 is 0 Å². The average Bonchev–Trinajstić information content (AvgIpc) is 2.26. The Labute approximate surface area is 73.6 Å². The van der Waals surface area contributed by atoms with Gasteiger partial charge in [0, 0.05) is 13.1 Å². The third kappa shape index (κ3) is 2.24. The van der Waals surface area contributed by atoms with Gasteiger partial charge in [0.1, 0.15) is 0 Å². The molecule has 0 aromatic carbocycles. The summed E-state index contributed by atoms with van der Waals surface area (Å²) < 4.78 is 2.00. The Bertz CT molecular complexity index is 216. The van der Waals surface area contributed by atoms with Crippen molar-refractivity contribution in [2.75, 3.05) is 13.1 Å². The van der Waals surface area contributed by atoms with E-state index in [2.05, 4.69) is 32.4 Å². The number of nitrogens with zero attached hydrogens (tertiary/aromatic N) is 1. The Morgan fingerprint density at radius 2 is 2.27 bits per heavy atom. The van der Waals surface area contributed by atoms with E-state index in [4.69, 9.17) is 0 Å². The van der Waals surface area contributed by atoms with E-state index in [9.17, 15) is 0 Å². The fraction of sp³-hybridized carbons (Fsp3) is 0.333. The summed E-state index contributed by atoms with van der Waals surface area (Å²) in [6.07, 6.45) is 5.85. The normalized spacial score (nSPS) is 20.2. The van der Waals surface area contributed by atoms with Crippen LogP contribution in [0.2, 0.25) is 0 Å².